The zero-order valence-electron chi connectivity index (χ0n) is 16.0. The molecule has 5 heteroatoms. The summed E-state index contributed by atoms with van der Waals surface area (Å²) in [6, 6.07) is 1.58. The number of nitrogens with two attached hydrogens (primary N) is 1. The lowest BCUT2D eigenvalue weighted by atomic mass is 9.93. The van der Waals surface area contributed by atoms with E-state index >= 15 is 0 Å². The van der Waals surface area contributed by atoms with Crippen molar-refractivity contribution in [1.82, 2.24) is 14.7 Å². The molecule has 5 nitrogen and oxygen atoms in total. The molecule has 25 heavy (non-hydrogen) atoms. The van der Waals surface area contributed by atoms with Gasteiger partial charge in [0.15, 0.2) is 0 Å². The van der Waals surface area contributed by atoms with Crippen LogP contribution >= 0.6 is 0 Å². The molecule has 0 aromatic heterocycles. The van der Waals surface area contributed by atoms with Crippen LogP contribution in [0.2, 0.25) is 0 Å². The van der Waals surface area contributed by atoms with Crippen molar-refractivity contribution in [3.8, 4) is 0 Å². The summed E-state index contributed by atoms with van der Waals surface area (Å²) in [5.41, 5.74) is 5.60. The summed E-state index contributed by atoms with van der Waals surface area (Å²) in [6.45, 7) is 9.43. The molecule has 3 rings (SSSR count). The van der Waals surface area contributed by atoms with E-state index in [1.54, 1.807) is 0 Å². The highest BCUT2D eigenvalue weighted by molar-refractivity contribution is 5.53. The predicted molar refractivity (Wildman–Crippen MR) is 103 cm³/mol. The maximum absolute atomic E-state index is 10.9. The fourth-order valence-electron chi connectivity index (χ4n) is 5.02. The van der Waals surface area contributed by atoms with Gasteiger partial charge in [-0.2, -0.15) is 0 Å². The van der Waals surface area contributed by atoms with Gasteiger partial charge in [0.25, 0.3) is 0 Å². The van der Waals surface area contributed by atoms with Gasteiger partial charge in [0.05, 0.1) is 0 Å². The Hall–Kier alpha value is -0.490. The molecule has 3 aliphatic heterocycles. The molecule has 0 saturated carbocycles. The average Bonchev–Trinajstić information content (AvgIpc) is 2.69. The van der Waals surface area contributed by atoms with Crippen molar-refractivity contribution in [2.75, 3.05) is 52.4 Å². The molecule has 0 atom stereocenters. The first-order valence-electron chi connectivity index (χ1n) is 10.7. The monoisotopic (exact) mass is 350 g/mol. The summed E-state index contributed by atoms with van der Waals surface area (Å²) in [5.74, 6) is 0.325. The van der Waals surface area contributed by atoms with E-state index < -0.39 is 0 Å². The third-order valence-corrected chi connectivity index (χ3v) is 6.78. The Labute approximate surface area is 153 Å². The zero-order chi connectivity index (χ0) is 17.5. The molecule has 3 saturated heterocycles. The second-order valence-corrected chi connectivity index (χ2v) is 8.35. The minimum atomic E-state index is 0.325. The maximum atomic E-state index is 10.9. The summed E-state index contributed by atoms with van der Waals surface area (Å²) in [4.78, 5) is 19.0. The van der Waals surface area contributed by atoms with Gasteiger partial charge in [-0.25, -0.2) is 0 Å². The van der Waals surface area contributed by atoms with E-state index in [0.29, 0.717) is 5.92 Å². The van der Waals surface area contributed by atoms with Gasteiger partial charge >= 0.3 is 0 Å². The Balaban J connectivity index is 1.34. The number of carbonyl (C=O) groups is 1. The van der Waals surface area contributed by atoms with Crippen LogP contribution in [0, 0.1) is 5.92 Å². The number of unbranched alkanes of at least 4 members (excludes halogenated alkanes) is 1. The van der Waals surface area contributed by atoms with Crippen LogP contribution in [-0.2, 0) is 4.79 Å². The zero-order valence-corrected chi connectivity index (χ0v) is 16.0. The molecule has 3 heterocycles. The molecule has 2 N–H and O–H groups in total. The van der Waals surface area contributed by atoms with Gasteiger partial charge in [0.2, 0.25) is 0 Å². The average molecular weight is 351 g/mol. The van der Waals surface area contributed by atoms with Crippen molar-refractivity contribution in [3.05, 3.63) is 0 Å². The molecule has 0 spiro atoms. The van der Waals surface area contributed by atoms with Crippen molar-refractivity contribution in [3.63, 3.8) is 0 Å². The lowest BCUT2D eigenvalue weighted by molar-refractivity contribution is -0.112. The Bertz CT molecular complexity index is 381. The SMILES string of the molecule is NCCCCN1CCC(N2CCC(N3CCC(C=O)CC3)CC2)CC1. The van der Waals surface area contributed by atoms with Crippen LogP contribution in [0.15, 0.2) is 0 Å². The number of hydrogen-bond donors (Lipinski definition) is 1. The lowest BCUT2D eigenvalue weighted by Gasteiger charge is -2.45. The van der Waals surface area contributed by atoms with Gasteiger partial charge in [0.1, 0.15) is 6.29 Å². The molecule has 0 aromatic carbocycles. The molecule has 0 radical (unpaired) electrons. The Morgan fingerprint density at radius 3 is 1.80 bits per heavy atom. The summed E-state index contributed by atoms with van der Waals surface area (Å²) in [7, 11) is 0. The molecule has 0 aromatic rings. The van der Waals surface area contributed by atoms with Gasteiger partial charge in [-0.1, -0.05) is 0 Å². The number of hydrogen-bond acceptors (Lipinski definition) is 5. The van der Waals surface area contributed by atoms with E-state index in [2.05, 4.69) is 14.7 Å². The van der Waals surface area contributed by atoms with Gasteiger partial charge in [0, 0.05) is 18.0 Å². The number of rotatable bonds is 7. The number of likely N-dealkylation sites (tertiary alicyclic amines) is 3. The van der Waals surface area contributed by atoms with Gasteiger partial charge < -0.3 is 25.2 Å². The van der Waals surface area contributed by atoms with Crippen LogP contribution < -0.4 is 5.73 Å². The summed E-state index contributed by atoms with van der Waals surface area (Å²) >= 11 is 0. The summed E-state index contributed by atoms with van der Waals surface area (Å²) in [5, 5.41) is 0. The minimum absolute atomic E-state index is 0.325. The molecule has 0 aliphatic carbocycles. The standard InChI is InChI=1S/C20H38N4O/c21-9-1-2-10-22-11-5-19(6-12-22)24-15-7-20(8-16-24)23-13-3-18(17-25)4-14-23/h17-20H,1-16,21H2. The van der Waals surface area contributed by atoms with E-state index in [4.69, 9.17) is 5.73 Å². The molecule has 0 unspecified atom stereocenters. The first-order chi connectivity index (χ1) is 12.3. The van der Waals surface area contributed by atoms with Crippen molar-refractivity contribution in [2.24, 2.45) is 11.7 Å². The quantitative estimate of drug-likeness (QED) is 0.558. The maximum Gasteiger partial charge on any atom is 0.123 e. The van der Waals surface area contributed by atoms with Crippen LogP contribution in [-0.4, -0.2) is 85.4 Å². The second kappa shape index (κ2) is 10.0. The van der Waals surface area contributed by atoms with Crippen LogP contribution in [0.1, 0.15) is 51.4 Å². The van der Waals surface area contributed by atoms with Crippen LogP contribution in [0.5, 0.6) is 0 Å². The Morgan fingerprint density at radius 1 is 0.760 bits per heavy atom. The summed E-state index contributed by atoms with van der Waals surface area (Å²) < 4.78 is 0. The highest BCUT2D eigenvalue weighted by atomic mass is 16.1. The molecule has 3 aliphatic rings. The van der Waals surface area contributed by atoms with Crippen molar-refractivity contribution in [1.29, 1.82) is 0 Å². The smallest absolute Gasteiger partial charge is 0.123 e. The third-order valence-electron chi connectivity index (χ3n) is 6.78. The number of aldehydes is 1. The van der Waals surface area contributed by atoms with Crippen molar-refractivity contribution in [2.45, 2.75) is 63.5 Å². The number of nitrogens with zero attached hydrogens (tertiary/aromatic N) is 3. The minimum Gasteiger partial charge on any atom is -0.330 e. The first kappa shape index (κ1) is 19.3. The highest BCUT2D eigenvalue weighted by Crippen LogP contribution is 2.26. The molecule has 0 amide bonds. The molecule has 3 fully saturated rings. The topological polar surface area (TPSA) is 52.8 Å². The van der Waals surface area contributed by atoms with Gasteiger partial charge in [-0.3, -0.25) is 0 Å². The third kappa shape index (κ3) is 5.49. The molecular weight excluding hydrogens is 312 g/mol. The van der Waals surface area contributed by atoms with E-state index in [1.165, 1.54) is 71.1 Å². The van der Waals surface area contributed by atoms with E-state index in [1.807, 2.05) is 0 Å². The van der Waals surface area contributed by atoms with Crippen LogP contribution in [0.3, 0.4) is 0 Å². The predicted octanol–water partition coefficient (Wildman–Crippen LogP) is 1.57. The molecule has 144 valence electrons. The summed E-state index contributed by atoms with van der Waals surface area (Å²) in [6.07, 6.45) is 11.1. The van der Waals surface area contributed by atoms with Crippen LogP contribution in [0.4, 0.5) is 0 Å². The Kier molecular flexibility index (Phi) is 7.71. The van der Waals surface area contributed by atoms with Gasteiger partial charge in [-0.05, 0) is 104 Å². The van der Waals surface area contributed by atoms with Crippen molar-refractivity contribution >= 4 is 6.29 Å². The van der Waals surface area contributed by atoms with Crippen LogP contribution in [0.25, 0.3) is 0 Å². The fraction of sp³-hybridized carbons (Fsp3) is 0.950. The van der Waals surface area contributed by atoms with E-state index in [0.717, 1.165) is 51.0 Å². The number of piperidine rings is 3. The highest BCUT2D eigenvalue weighted by Gasteiger charge is 2.31. The molecular formula is C20H38N4O. The Morgan fingerprint density at radius 2 is 1.28 bits per heavy atom. The molecule has 0 bridgehead atoms. The van der Waals surface area contributed by atoms with E-state index in [9.17, 15) is 4.79 Å². The lowest BCUT2D eigenvalue weighted by Crippen LogP contribution is -2.52. The van der Waals surface area contributed by atoms with Crippen molar-refractivity contribution < 1.29 is 4.79 Å². The normalized spacial score (nSPS) is 26.9. The fourth-order valence-corrected chi connectivity index (χ4v) is 5.02. The number of carbonyl (C=O) groups excluding carboxylic acids is 1. The van der Waals surface area contributed by atoms with Gasteiger partial charge in [-0.15, -0.1) is 0 Å². The largest absolute Gasteiger partial charge is 0.330 e. The first-order valence-corrected chi connectivity index (χ1v) is 10.7. The second-order valence-electron chi connectivity index (χ2n) is 8.35. The van der Waals surface area contributed by atoms with E-state index in [-0.39, 0.29) is 0 Å².